The number of halogens is 1. The number of hydrogen-bond acceptors (Lipinski definition) is 2. The van der Waals surface area contributed by atoms with E-state index in [4.69, 9.17) is 5.73 Å². The molecule has 1 heterocycles. The molecule has 1 aliphatic carbocycles. The van der Waals surface area contributed by atoms with E-state index in [0.717, 1.165) is 18.2 Å². The molecule has 3 heteroatoms. The summed E-state index contributed by atoms with van der Waals surface area (Å²) < 4.78 is 13.6. The molecule has 2 fully saturated rings. The third-order valence-corrected chi connectivity index (χ3v) is 4.00. The third-order valence-electron chi connectivity index (χ3n) is 4.00. The van der Waals surface area contributed by atoms with E-state index >= 15 is 0 Å². The monoisotopic (exact) mass is 220 g/mol. The Labute approximate surface area is 95.2 Å². The highest BCUT2D eigenvalue weighted by molar-refractivity contribution is 5.51. The van der Waals surface area contributed by atoms with Crippen LogP contribution in [0.15, 0.2) is 18.2 Å². The van der Waals surface area contributed by atoms with Crippen LogP contribution < -0.4 is 10.6 Å². The fourth-order valence-corrected chi connectivity index (χ4v) is 3.12. The molecule has 1 aromatic rings. The topological polar surface area (TPSA) is 29.3 Å². The number of piperidine rings is 1. The summed E-state index contributed by atoms with van der Waals surface area (Å²) >= 11 is 0. The molecule has 0 radical (unpaired) electrons. The van der Waals surface area contributed by atoms with Gasteiger partial charge >= 0.3 is 0 Å². The molecule has 86 valence electrons. The van der Waals surface area contributed by atoms with Crippen molar-refractivity contribution < 1.29 is 4.39 Å². The Balaban J connectivity index is 1.87. The largest absolute Gasteiger partial charge is 0.368 e. The minimum absolute atomic E-state index is 0.164. The van der Waals surface area contributed by atoms with E-state index in [2.05, 4.69) is 4.90 Å². The smallest absolute Gasteiger partial charge is 0.129 e. The highest BCUT2D eigenvalue weighted by Gasteiger charge is 2.37. The number of nitrogens with zero attached hydrogens (tertiary/aromatic N) is 1. The summed E-state index contributed by atoms with van der Waals surface area (Å²) in [5.41, 5.74) is 7.10. The average molecular weight is 220 g/mol. The fraction of sp³-hybridized carbons (Fsp3) is 0.538. The molecule has 1 aromatic carbocycles. The Morgan fingerprint density at radius 3 is 2.81 bits per heavy atom. The molecule has 2 N–H and O–H groups in total. The van der Waals surface area contributed by atoms with Crippen molar-refractivity contribution in [2.24, 2.45) is 11.7 Å². The fourth-order valence-electron chi connectivity index (χ4n) is 3.12. The van der Waals surface area contributed by atoms with E-state index in [1.165, 1.54) is 19.3 Å². The van der Waals surface area contributed by atoms with Gasteiger partial charge in [-0.15, -0.1) is 0 Å². The molecular formula is C13H17FN2. The van der Waals surface area contributed by atoms with Gasteiger partial charge in [-0.1, -0.05) is 6.07 Å². The van der Waals surface area contributed by atoms with E-state index in [-0.39, 0.29) is 12.4 Å². The number of benzene rings is 1. The van der Waals surface area contributed by atoms with Gasteiger partial charge in [0.1, 0.15) is 5.82 Å². The van der Waals surface area contributed by atoms with Crippen LogP contribution in [0.2, 0.25) is 0 Å². The van der Waals surface area contributed by atoms with Crippen molar-refractivity contribution in [2.45, 2.75) is 31.8 Å². The lowest BCUT2D eigenvalue weighted by Crippen LogP contribution is -2.31. The molecule has 2 bridgehead atoms. The number of rotatable bonds is 2. The molecule has 1 aliphatic heterocycles. The Morgan fingerprint density at radius 1 is 1.38 bits per heavy atom. The van der Waals surface area contributed by atoms with Gasteiger partial charge in [0.15, 0.2) is 0 Å². The summed E-state index contributed by atoms with van der Waals surface area (Å²) in [5.74, 6) is 0.671. The van der Waals surface area contributed by atoms with Crippen molar-refractivity contribution >= 4 is 5.69 Å². The van der Waals surface area contributed by atoms with E-state index in [9.17, 15) is 4.39 Å². The first kappa shape index (κ1) is 10.1. The Bertz CT molecular complexity index is 405. The van der Waals surface area contributed by atoms with Gasteiger partial charge in [-0.05, 0) is 37.3 Å². The summed E-state index contributed by atoms with van der Waals surface area (Å²) in [5, 5.41) is 0. The molecule has 2 unspecified atom stereocenters. The molecule has 3 rings (SSSR count). The van der Waals surface area contributed by atoms with Crippen LogP contribution in [0.1, 0.15) is 24.8 Å². The quantitative estimate of drug-likeness (QED) is 0.828. The van der Waals surface area contributed by atoms with Crippen molar-refractivity contribution in [3.8, 4) is 0 Å². The molecule has 0 amide bonds. The van der Waals surface area contributed by atoms with Crippen LogP contribution in [0, 0.1) is 11.7 Å². The molecule has 0 aromatic heterocycles. The number of hydrogen-bond donors (Lipinski definition) is 1. The Kier molecular flexibility index (Phi) is 2.36. The van der Waals surface area contributed by atoms with E-state index in [0.29, 0.717) is 11.6 Å². The summed E-state index contributed by atoms with van der Waals surface area (Å²) in [6, 6.07) is 6.11. The molecular weight excluding hydrogens is 203 g/mol. The van der Waals surface area contributed by atoms with Crippen LogP contribution in [0.5, 0.6) is 0 Å². The van der Waals surface area contributed by atoms with E-state index in [1.54, 1.807) is 6.07 Å². The highest BCUT2D eigenvalue weighted by atomic mass is 19.1. The molecule has 2 atom stereocenters. The van der Waals surface area contributed by atoms with Crippen LogP contribution in [0.3, 0.4) is 0 Å². The van der Waals surface area contributed by atoms with E-state index < -0.39 is 0 Å². The predicted octanol–water partition coefficient (Wildman–Crippen LogP) is 2.27. The van der Waals surface area contributed by atoms with Gasteiger partial charge in [-0.25, -0.2) is 4.39 Å². The van der Waals surface area contributed by atoms with Crippen LogP contribution >= 0.6 is 0 Å². The van der Waals surface area contributed by atoms with Gasteiger partial charge in [0, 0.05) is 30.4 Å². The lowest BCUT2D eigenvalue weighted by atomic mass is 10.1. The van der Waals surface area contributed by atoms with Crippen LogP contribution in [-0.4, -0.2) is 12.6 Å². The van der Waals surface area contributed by atoms with Gasteiger partial charge in [0.05, 0.1) is 0 Å². The zero-order valence-corrected chi connectivity index (χ0v) is 9.32. The molecule has 2 nitrogen and oxygen atoms in total. The predicted molar refractivity (Wildman–Crippen MR) is 62.8 cm³/mol. The molecule has 2 aliphatic rings. The van der Waals surface area contributed by atoms with Gasteiger partial charge in [0.2, 0.25) is 0 Å². The molecule has 1 saturated heterocycles. The maximum atomic E-state index is 13.6. The zero-order chi connectivity index (χ0) is 11.1. The summed E-state index contributed by atoms with van der Waals surface area (Å²) in [6.45, 7) is 1.38. The maximum Gasteiger partial charge on any atom is 0.129 e. The summed E-state index contributed by atoms with van der Waals surface area (Å²) in [7, 11) is 0. The first-order valence-corrected chi connectivity index (χ1v) is 6.03. The third kappa shape index (κ3) is 1.50. The lowest BCUT2D eigenvalue weighted by molar-refractivity contribution is 0.551. The second-order valence-corrected chi connectivity index (χ2v) is 4.97. The zero-order valence-electron chi connectivity index (χ0n) is 9.32. The minimum atomic E-state index is -0.164. The number of nitrogens with two attached hydrogens (primary N) is 1. The van der Waals surface area contributed by atoms with Gasteiger partial charge in [-0.3, -0.25) is 0 Å². The molecule has 16 heavy (non-hydrogen) atoms. The first-order valence-electron chi connectivity index (χ1n) is 6.03. The van der Waals surface area contributed by atoms with Crippen molar-refractivity contribution in [1.82, 2.24) is 0 Å². The average Bonchev–Trinajstić information content (AvgIpc) is 2.90. The second kappa shape index (κ2) is 3.74. The van der Waals surface area contributed by atoms with Gasteiger partial charge in [0.25, 0.3) is 0 Å². The van der Waals surface area contributed by atoms with Gasteiger partial charge in [-0.2, -0.15) is 0 Å². The highest BCUT2D eigenvalue weighted by Crippen LogP contribution is 2.40. The SMILES string of the molecule is NCc1ccc(N2CC3CCC2C3)cc1F. The normalized spacial score (nSPS) is 27.8. The second-order valence-electron chi connectivity index (χ2n) is 4.97. The lowest BCUT2D eigenvalue weighted by Gasteiger charge is -2.29. The summed E-state index contributed by atoms with van der Waals surface area (Å²) in [4.78, 5) is 2.36. The van der Waals surface area contributed by atoms with Crippen LogP contribution in [0.25, 0.3) is 0 Å². The van der Waals surface area contributed by atoms with Crippen LogP contribution in [0.4, 0.5) is 10.1 Å². The first-order chi connectivity index (χ1) is 7.78. The van der Waals surface area contributed by atoms with Crippen LogP contribution in [-0.2, 0) is 6.54 Å². The minimum Gasteiger partial charge on any atom is -0.368 e. The standard InChI is InChI=1S/C13H17FN2/c14-13-6-12(4-2-10(13)7-15)16-8-9-1-3-11(16)5-9/h2,4,6,9,11H,1,3,5,7-8,15H2. The van der Waals surface area contributed by atoms with Gasteiger partial charge < -0.3 is 10.6 Å². The van der Waals surface area contributed by atoms with Crippen molar-refractivity contribution in [2.75, 3.05) is 11.4 Å². The molecule has 0 spiro atoms. The van der Waals surface area contributed by atoms with Crippen molar-refractivity contribution in [3.05, 3.63) is 29.6 Å². The number of anilines is 1. The Hall–Kier alpha value is -1.09. The van der Waals surface area contributed by atoms with Crippen molar-refractivity contribution in [3.63, 3.8) is 0 Å². The summed E-state index contributed by atoms with van der Waals surface area (Å²) in [6.07, 6.45) is 3.91. The number of fused-ring (bicyclic) bond motifs is 2. The maximum absolute atomic E-state index is 13.6. The Morgan fingerprint density at radius 2 is 2.25 bits per heavy atom. The van der Waals surface area contributed by atoms with E-state index in [1.807, 2.05) is 12.1 Å². The van der Waals surface area contributed by atoms with Crippen molar-refractivity contribution in [1.29, 1.82) is 0 Å². The molecule has 1 saturated carbocycles.